The van der Waals surface area contributed by atoms with Crippen LogP contribution in [0.3, 0.4) is 0 Å². The lowest BCUT2D eigenvalue weighted by molar-refractivity contribution is 0.0748. The number of para-hydroxylation sites is 1. The van der Waals surface area contributed by atoms with E-state index in [1.165, 1.54) is 6.26 Å². The second-order valence-corrected chi connectivity index (χ2v) is 7.54. The minimum absolute atomic E-state index is 0.0484. The van der Waals surface area contributed by atoms with E-state index < -0.39 is 0 Å². The van der Waals surface area contributed by atoms with Gasteiger partial charge >= 0.3 is 0 Å². The van der Waals surface area contributed by atoms with Crippen LogP contribution >= 0.6 is 11.3 Å². The van der Waals surface area contributed by atoms with Crippen molar-refractivity contribution in [1.29, 1.82) is 0 Å². The van der Waals surface area contributed by atoms with Gasteiger partial charge in [0.1, 0.15) is 12.0 Å². The Bertz CT molecular complexity index is 1130. The summed E-state index contributed by atoms with van der Waals surface area (Å²) < 4.78 is 7.48. The first-order valence-corrected chi connectivity index (χ1v) is 9.48. The maximum atomic E-state index is 12.9. The first kappa shape index (κ1) is 16.0. The highest BCUT2D eigenvalue weighted by Crippen LogP contribution is 2.28. The molecule has 1 amide bonds. The van der Waals surface area contributed by atoms with Crippen molar-refractivity contribution >= 4 is 17.2 Å². The van der Waals surface area contributed by atoms with E-state index in [-0.39, 0.29) is 5.91 Å². The highest BCUT2D eigenvalue weighted by molar-refractivity contribution is 7.09. The number of carbonyl (C=O) groups excluding carboxylic acids is 1. The molecule has 5 rings (SSSR count). The summed E-state index contributed by atoms with van der Waals surface area (Å²) in [5.41, 5.74) is 4.43. The van der Waals surface area contributed by atoms with Crippen LogP contribution in [0.15, 0.2) is 58.7 Å². The Morgan fingerprint density at radius 2 is 2.07 bits per heavy atom. The second-order valence-electron chi connectivity index (χ2n) is 6.48. The molecule has 1 aliphatic heterocycles. The number of carbonyl (C=O) groups is 1. The first-order chi connectivity index (χ1) is 13.2. The second kappa shape index (κ2) is 6.21. The van der Waals surface area contributed by atoms with Crippen molar-refractivity contribution in [3.63, 3.8) is 0 Å². The van der Waals surface area contributed by atoms with Crippen molar-refractivity contribution in [3.05, 3.63) is 76.1 Å². The number of thiazole rings is 1. The normalized spacial score (nSPS) is 13.1. The maximum Gasteiger partial charge on any atom is 0.257 e. The fourth-order valence-electron chi connectivity index (χ4n) is 3.33. The topological polar surface area (TPSA) is 64.2 Å². The van der Waals surface area contributed by atoms with E-state index >= 15 is 0 Å². The summed E-state index contributed by atoms with van der Waals surface area (Å²) in [6.07, 6.45) is 3.35. The lowest BCUT2D eigenvalue weighted by Crippen LogP contribution is -2.25. The highest BCUT2D eigenvalue weighted by Gasteiger charge is 2.29. The number of aryl methyl sites for hydroxylation is 1. The molecule has 0 bridgehead atoms. The molecule has 4 aromatic rings. The van der Waals surface area contributed by atoms with Crippen molar-refractivity contribution in [2.24, 2.45) is 0 Å². The fourth-order valence-corrected chi connectivity index (χ4v) is 3.93. The van der Waals surface area contributed by atoms with E-state index in [9.17, 15) is 4.79 Å². The van der Waals surface area contributed by atoms with E-state index in [1.807, 2.05) is 58.4 Å². The van der Waals surface area contributed by atoms with Gasteiger partial charge in [-0.15, -0.1) is 11.3 Å². The molecule has 4 heterocycles. The van der Waals surface area contributed by atoms with Gasteiger partial charge in [0.2, 0.25) is 0 Å². The Kier molecular flexibility index (Phi) is 3.68. The molecule has 0 atom stereocenters. The summed E-state index contributed by atoms with van der Waals surface area (Å²) in [6.45, 7) is 3.03. The molecule has 0 spiro atoms. The predicted molar refractivity (Wildman–Crippen MR) is 102 cm³/mol. The maximum absolute atomic E-state index is 12.9. The van der Waals surface area contributed by atoms with Crippen molar-refractivity contribution in [2.45, 2.75) is 20.0 Å². The average molecular weight is 376 g/mol. The summed E-state index contributed by atoms with van der Waals surface area (Å²) in [4.78, 5) is 19.2. The van der Waals surface area contributed by atoms with E-state index in [0.717, 1.165) is 27.6 Å². The lowest BCUT2D eigenvalue weighted by atomic mass is 10.2. The molecule has 0 saturated carbocycles. The van der Waals surface area contributed by atoms with Crippen LogP contribution in [0.2, 0.25) is 0 Å². The van der Waals surface area contributed by atoms with E-state index in [4.69, 9.17) is 4.42 Å². The Morgan fingerprint density at radius 1 is 1.22 bits per heavy atom. The van der Waals surface area contributed by atoms with Crippen molar-refractivity contribution < 1.29 is 9.21 Å². The van der Waals surface area contributed by atoms with Crippen LogP contribution in [0.1, 0.15) is 26.6 Å². The van der Waals surface area contributed by atoms with Crippen LogP contribution in [-0.2, 0) is 13.1 Å². The highest BCUT2D eigenvalue weighted by atomic mass is 32.1. The number of rotatable bonds is 3. The van der Waals surface area contributed by atoms with Gasteiger partial charge in [-0.2, -0.15) is 5.10 Å². The van der Waals surface area contributed by atoms with Gasteiger partial charge in [-0.1, -0.05) is 18.2 Å². The van der Waals surface area contributed by atoms with E-state index in [0.29, 0.717) is 24.4 Å². The number of hydrogen-bond donors (Lipinski definition) is 0. The monoisotopic (exact) mass is 376 g/mol. The molecule has 134 valence electrons. The zero-order chi connectivity index (χ0) is 18.4. The van der Waals surface area contributed by atoms with Gasteiger partial charge in [0, 0.05) is 17.5 Å². The molecule has 0 unspecified atom stereocenters. The largest absolute Gasteiger partial charge is 0.462 e. The number of amides is 1. The minimum atomic E-state index is -0.0484. The van der Waals surface area contributed by atoms with Crippen LogP contribution in [0.5, 0.6) is 0 Å². The molecular weight excluding hydrogens is 360 g/mol. The zero-order valence-electron chi connectivity index (χ0n) is 14.6. The van der Waals surface area contributed by atoms with Gasteiger partial charge in [-0.05, 0) is 25.1 Å². The Hall–Kier alpha value is -3.19. The first-order valence-electron chi connectivity index (χ1n) is 8.60. The molecule has 27 heavy (non-hydrogen) atoms. The Balaban J connectivity index is 1.38. The molecule has 0 N–H and O–H groups in total. The van der Waals surface area contributed by atoms with Gasteiger partial charge in [0.15, 0.2) is 5.76 Å². The molecule has 0 fully saturated rings. The predicted octanol–water partition coefficient (Wildman–Crippen LogP) is 4.05. The van der Waals surface area contributed by atoms with Gasteiger partial charge in [0.25, 0.3) is 5.91 Å². The number of furan rings is 1. The number of hydrogen-bond acceptors (Lipinski definition) is 5. The lowest BCUT2D eigenvalue weighted by Gasteiger charge is -2.15. The third-order valence-corrected chi connectivity index (χ3v) is 5.44. The third kappa shape index (κ3) is 2.76. The number of nitrogens with zero attached hydrogens (tertiary/aromatic N) is 4. The standard InChI is InChI=1S/C20H16N4O2S/c1-13-22-17(12-27-13)19-7-14(11-26-19)20(25)23-9-15-8-21-24(18(15)10-23)16-5-3-2-4-6-16/h2-8,11-12H,9-10H2,1H3. The summed E-state index contributed by atoms with van der Waals surface area (Å²) in [7, 11) is 0. The third-order valence-electron chi connectivity index (χ3n) is 4.66. The molecule has 0 aliphatic carbocycles. The van der Waals surface area contributed by atoms with Crippen molar-refractivity contribution in [3.8, 4) is 17.1 Å². The summed E-state index contributed by atoms with van der Waals surface area (Å²) >= 11 is 1.56. The van der Waals surface area contributed by atoms with Gasteiger partial charge in [-0.25, -0.2) is 9.67 Å². The smallest absolute Gasteiger partial charge is 0.257 e. The Morgan fingerprint density at radius 3 is 2.85 bits per heavy atom. The summed E-state index contributed by atoms with van der Waals surface area (Å²) in [5, 5.41) is 7.37. The molecule has 1 aromatic carbocycles. The molecule has 0 saturated heterocycles. The molecule has 0 radical (unpaired) electrons. The number of aromatic nitrogens is 3. The van der Waals surface area contributed by atoms with Crippen LogP contribution in [0, 0.1) is 6.92 Å². The van der Waals surface area contributed by atoms with E-state index in [2.05, 4.69) is 10.1 Å². The van der Waals surface area contributed by atoms with Crippen LogP contribution in [0.25, 0.3) is 17.1 Å². The summed E-state index contributed by atoms with van der Waals surface area (Å²) in [5.74, 6) is 0.572. The van der Waals surface area contributed by atoms with Gasteiger partial charge in [0.05, 0.1) is 34.7 Å². The van der Waals surface area contributed by atoms with Crippen LogP contribution < -0.4 is 0 Å². The Labute approximate surface area is 159 Å². The van der Waals surface area contributed by atoms with Crippen molar-refractivity contribution in [1.82, 2.24) is 19.7 Å². The minimum Gasteiger partial charge on any atom is -0.462 e. The zero-order valence-corrected chi connectivity index (χ0v) is 15.4. The molecule has 1 aliphatic rings. The molecule has 3 aromatic heterocycles. The number of fused-ring (bicyclic) bond motifs is 1. The molecule has 6 nitrogen and oxygen atoms in total. The summed E-state index contributed by atoms with van der Waals surface area (Å²) in [6, 6.07) is 11.7. The van der Waals surface area contributed by atoms with Crippen molar-refractivity contribution in [2.75, 3.05) is 0 Å². The quantitative estimate of drug-likeness (QED) is 0.541. The van der Waals surface area contributed by atoms with Gasteiger partial charge in [-0.3, -0.25) is 4.79 Å². The fraction of sp³-hybridized carbons (Fsp3) is 0.150. The van der Waals surface area contributed by atoms with Gasteiger partial charge < -0.3 is 9.32 Å². The van der Waals surface area contributed by atoms with E-state index in [1.54, 1.807) is 17.4 Å². The number of benzene rings is 1. The average Bonchev–Trinajstić information content (AvgIpc) is 3.45. The van der Waals surface area contributed by atoms with Crippen LogP contribution in [0.4, 0.5) is 0 Å². The van der Waals surface area contributed by atoms with Crippen LogP contribution in [-0.4, -0.2) is 25.6 Å². The molecule has 7 heteroatoms. The molecular formula is C20H16N4O2S. The SMILES string of the molecule is Cc1nc(-c2cc(C(=O)N3Cc4cnn(-c5ccccc5)c4C3)co2)cs1.